The van der Waals surface area contributed by atoms with E-state index in [9.17, 15) is 0 Å². The number of hydrogen-bond donors (Lipinski definition) is 0. The molecule has 0 aromatic rings. The largest absolute Gasteiger partial charge is 0.360 e. The molecule has 0 aromatic carbocycles. The van der Waals surface area contributed by atoms with Crippen molar-refractivity contribution >= 4 is 5.84 Å². The van der Waals surface area contributed by atoms with Gasteiger partial charge in [-0.05, 0) is 19.3 Å². The van der Waals surface area contributed by atoms with Crippen molar-refractivity contribution in [3.63, 3.8) is 0 Å². The number of aliphatic imine (C=N–C) groups is 1. The van der Waals surface area contributed by atoms with E-state index in [1.807, 2.05) is 6.08 Å². The van der Waals surface area contributed by atoms with Gasteiger partial charge in [-0.15, -0.1) is 6.58 Å². The molecule has 1 saturated heterocycles. The molecule has 12 heavy (non-hydrogen) atoms. The third-order valence-electron chi connectivity index (χ3n) is 2.75. The van der Waals surface area contributed by atoms with E-state index < -0.39 is 0 Å². The molecule has 1 fully saturated rings. The van der Waals surface area contributed by atoms with E-state index in [-0.39, 0.29) is 0 Å². The molecular formula is C10H16N2. The van der Waals surface area contributed by atoms with Crippen molar-refractivity contribution < 1.29 is 0 Å². The Balaban J connectivity index is 2.09. The van der Waals surface area contributed by atoms with Gasteiger partial charge in [-0.2, -0.15) is 0 Å². The highest BCUT2D eigenvalue weighted by molar-refractivity contribution is 5.87. The van der Waals surface area contributed by atoms with Crippen molar-refractivity contribution in [1.29, 1.82) is 0 Å². The monoisotopic (exact) mass is 164 g/mol. The second kappa shape index (κ2) is 3.30. The van der Waals surface area contributed by atoms with Gasteiger partial charge in [-0.3, -0.25) is 4.99 Å². The molecule has 0 radical (unpaired) electrons. The standard InChI is InChI=1S/C10H16N2/c1-2-4-9-5-8-12-7-3-6-11-10(9)12/h2,9H,1,3-8H2. The van der Waals surface area contributed by atoms with Crippen LogP contribution in [-0.4, -0.2) is 30.4 Å². The van der Waals surface area contributed by atoms with Crippen LogP contribution in [0.25, 0.3) is 0 Å². The minimum atomic E-state index is 0.683. The number of hydrogen-bond acceptors (Lipinski definition) is 2. The summed E-state index contributed by atoms with van der Waals surface area (Å²) in [6.07, 6.45) is 5.65. The molecule has 0 aliphatic carbocycles. The quantitative estimate of drug-likeness (QED) is 0.567. The second-order valence-electron chi connectivity index (χ2n) is 3.59. The summed E-state index contributed by atoms with van der Waals surface area (Å²) in [7, 11) is 0. The van der Waals surface area contributed by atoms with Crippen molar-refractivity contribution in [1.82, 2.24) is 4.90 Å². The normalized spacial score (nSPS) is 28.2. The highest BCUT2D eigenvalue weighted by Crippen LogP contribution is 2.24. The highest BCUT2D eigenvalue weighted by atomic mass is 15.2. The number of amidine groups is 1. The summed E-state index contributed by atoms with van der Waals surface area (Å²) < 4.78 is 0. The first-order valence-corrected chi connectivity index (χ1v) is 4.82. The topological polar surface area (TPSA) is 15.6 Å². The maximum Gasteiger partial charge on any atom is 0.102 e. The van der Waals surface area contributed by atoms with Crippen molar-refractivity contribution in [3.8, 4) is 0 Å². The van der Waals surface area contributed by atoms with Crippen LogP contribution in [0.4, 0.5) is 0 Å². The molecular weight excluding hydrogens is 148 g/mol. The molecule has 2 aliphatic rings. The van der Waals surface area contributed by atoms with Crippen LogP contribution in [0.5, 0.6) is 0 Å². The van der Waals surface area contributed by atoms with E-state index in [1.165, 1.54) is 31.8 Å². The fourth-order valence-corrected chi connectivity index (χ4v) is 2.15. The summed E-state index contributed by atoms with van der Waals surface area (Å²) >= 11 is 0. The van der Waals surface area contributed by atoms with Crippen molar-refractivity contribution in [2.45, 2.75) is 19.3 Å². The number of allylic oxidation sites excluding steroid dienone is 1. The minimum Gasteiger partial charge on any atom is -0.360 e. The Bertz CT molecular complexity index is 208. The maximum absolute atomic E-state index is 4.59. The van der Waals surface area contributed by atoms with Crippen LogP contribution in [0.3, 0.4) is 0 Å². The predicted octanol–water partition coefficient (Wildman–Crippen LogP) is 1.69. The third-order valence-corrected chi connectivity index (χ3v) is 2.75. The molecule has 0 bridgehead atoms. The van der Waals surface area contributed by atoms with Gasteiger partial charge in [0.2, 0.25) is 0 Å². The fourth-order valence-electron chi connectivity index (χ4n) is 2.15. The van der Waals surface area contributed by atoms with E-state index >= 15 is 0 Å². The lowest BCUT2D eigenvalue weighted by Crippen LogP contribution is -2.32. The van der Waals surface area contributed by atoms with Crippen LogP contribution in [0.1, 0.15) is 19.3 Å². The van der Waals surface area contributed by atoms with Gasteiger partial charge in [0.15, 0.2) is 0 Å². The lowest BCUT2D eigenvalue weighted by atomic mass is 10.0. The van der Waals surface area contributed by atoms with Gasteiger partial charge in [0.25, 0.3) is 0 Å². The van der Waals surface area contributed by atoms with Gasteiger partial charge >= 0.3 is 0 Å². The number of rotatable bonds is 2. The first-order chi connectivity index (χ1) is 5.92. The maximum atomic E-state index is 4.59. The van der Waals surface area contributed by atoms with Gasteiger partial charge in [-0.1, -0.05) is 6.08 Å². The minimum absolute atomic E-state index is 0.683. The summed E-state index contributed by atoms with van der Waals surface area (Å²) in [5.74, 6) is 2.05. The smallest absolute Gasteiger partial charge is 0.102 e. The first kappa shape index (κ1) is 7.84. The van der Waals surface area contributed by atoms with Gasteiger partial charge in [0.05, 0.1) is 0 Å². The molecule has 2 rings (SSSR count). The summed E-state index contributed by atoms with van der Waals surface area (Å²) in [5.41, 5.74) is 0. The van der Waals surface area contributed by atoms with Crippen molar-refractivity contribution in [3.05, 3.63) is 12.7 Å². The molecule has 0 saturated carbocycles. The van der Waals surface area contributed by atoms with Crippen molar-refractivity contribution in [2.24, 2.45) is 10.9 Å². The molecule has 1 atom stereocenters. The Labute approximate surface area is 74.0 Å². The van der Waals surface area contributed by atoms with Crippen LogP contribution >= 0.6 is 0 Å². The Kier molecular flexibility index (Phi) is 2.15. The van der Waals surface area contributed by atoms with Crippen LogP contribution in [0.2, 0.25) is 0 Å². The summed E-state index contributed by atoms with van der Waals surface area (Å²) in [6.45, 7) is 7.28. The molecule has 1 unspecified atom stereocenters. The van der Waals surface area contributed by atoms with E-state index in [2.05, 4.69) is 16.5 Å². The van der Waals surface area contributed by atoms with Gasteiger partial charge in [-0.25, -0.2) is 0 Å². The van der Waals surface area contributed by atoms with E-state index in [1.54, 1.807) is 0 Å². The first-order valence-electron chi connectivity index (χ1n) is 4.82. The molecule has 0 N–H and O–H groups in total. The predicted molar refractivity (Wildman–Crippen MR) is 51.4 cm³/mol. The number of fused-ring (bicyclic) bond motifs is 1. The lowest BCUT2D eigenvalue weighted by molar-refractivity contribution is 0.427. The molecule has 2 nitrogen and oxygen atoms in total. The molecule has 0 amide bonds. The zero-order valence-electron chi connectivity index (χ0n) is 7.50. The lowest BCUT2D eigenvalue weighted by Gasteiger charge is -2.24. The summed E-state index contributed by atoms with van der Waals surface area (Å²) in [5, 5.41) is 0. The molecule has 66 valence electrons. The van der Waals surface area contributed by atoms with Crippen LogP contribution in [0.15, 0.2) is 17.6 Å². The zero-order valence-corrected chi connectivity index (χ0v) is 7.50. The van der Waals surface area contributed by atoms with E-state index in [0.29, 0.717) is 5.92 Å². The number of nitrogens with zero attached hydrogens (tertiary/aromatic N) is 2. The van der Waals surface area contributed by atoms with Gasteiger partial charge in [0.1, 0.15) is 5.84 Å². The van der Waals surface area contributed by atoms with Gasteiger partial charge in [0, 0.05) is 25.6 Å². The molecule has 2 aliphatic heterocycles. The van der Waals surface area contributed by atoms with Crippen LogP contribution < -0.4 is 0 Å². The Morgan fingerprint density at radius 2 is 2.50 bits per heavy atom. The molecule has 2 heterocycles. The third kappa shape index (κ3) is 1.26. The average molecular weight is 164 g/mol. The molecule has 0 aromatic heterocycles. The second-order valence-corrected chi connectivity index (χ2v) is 3.59. The Hall–Kier alpha value is -0.790. The average Bonchev–Trinajstić information content (AvgIpc) is 2.50. The molecule has 2 heteroatoms. The van der Waals surface area contributed by atoms with Crippen LogP contribution in [0, 0.1) is 5.92 Å². The van der Waals surface area contributed by atoms with Gasteiger partial charge < -0.3 is 4.90 Å². The molecule has 0 spiro atoms. The highest BCUT2D eigenvalue weighted by Gasteiger charge is 2.29. The van der Waals surface area contributed by atoms with E-state index in [4.69, 9.17) is 0 Å². The Morgan fingerprint density at radius 3 is 3.33 bits per heavy atom. The summed E-state index contributed by atoms with van der Waals surface area (Å²) in [6, 6.07) is 0. The summed E-state index contributed by atoms with van der Waals surface area (Å²) in [4.78, 5) is 7.03. The Morgan fingerprint density at radius 1 is 1.58 bits per heavy atom. The van der Waals surface area contributed by atoms with Crippen molar-refractivity contribution in [2.75, 3.05) is 19.6 Å². The SMILES string of the molecule is C=CCC1CCN2CCCN=C12. The fraction of sp³-hybridized carbons (Fsp3) is 0.700. The van der Waals surface area contributed by atoms with E-state index in [0.717, 1.165) is 13.0 Å². The van der Waals surface area contributed by atoms with Crippen LogP contribution in [-0.2, 0) is 0 Å². The zero-order chi connectivity index (χ0) is 8.39.